The van der Waals surface area contributed by atoms with Gasteiger partial charge in [0.2, 0.25) is 5.91 Å². The largest absolute Gasteiger partial charge is 0.480 e. The maximum absolute atomic E-state index is 12.5. The lowest BCUT2D eigenvalue weighted by Gasteiger charge is -2.25. The van der Waals surface area contributed by atoms with Crippen molar-refractivity contribution >= 4 is 30.2 Å². The van der Waals surface area contributed by atoms with E-state index in [1.165, 1.54) is 0 Å². The SMILES string of the molecule is CC(C)(C)OC(=O)NCC(CNC(=O)OC(C)(C)C)NC(=O)C[C@H](NC(=O)OC(C)(C)C)C(=O)O. The molecule has 0 radical (unpaired) electrons. The van der Waals surface area contributed by atoms with Crippen molar-refractivity contribution < 1.29 is 43.3 Å². The number of hydrogen-bond donors (Lipinski definition) is 5. The fourth-order valence-electron chi connectivity index (χ4n) is 2.34. The molecule has 0 aliphatic heterocycles. The van der Waals surface area contributed by atoms with Gasteiger partial charge in [0.1, 0.15) is 22.8 Å². The van der Waals surface area contributed by atoms with Crippen molar-refractivity contribution in [1.29, 1.82) is 0 Å². The number of ether oxygens (including phenoxy) is 3. The maximum atomic E-state index is 12.5. The first kappa shape index (κ1) is 31.8. The lowest BCUT2D eigenvalue weighted by Crippen LogP contribution is -2.53. The molecule has 0 aromatic carbocycles. The van der Waals surface area contributed by atoms with Crippen LogP contribution in [0.25, 0.3) is 0 Å². The van der Waals surface area contributed by atoms with Crippen molar-refractivity contribution in [2.45, 2.75) is 97.6 Å². The normalized spacial score (nSPS) is 12.7. The minimum Gasteiger partial charge on any atom is -0.480 e. The van der Waals surface area contributed by atoms with Crippen LogP contribution in [0.4, 0.5) is 14.4 Å². The third-order valence-corrected chi connectivity index (χ3v) is 3.53. The zero-order valence-corrected chi connectivity index (χ0v) is 22.0. The Balaban J connectivity index is 5.19. The number of hydrogen-bond acceptors (Lipinski definition) is 8. The molecule has 4 amide bonds. The monoisotopic (exact) mass is 504 g/mol. The molecule has 5 N–H and O–H groups in total. The van der Waals surface area contributed by atoms with E-state index in [9.17, 15) is 29.1 Å². The van der Waals surface area contributed by atoms with Gasteiger partial charge in [0.15, 0.2) is 0 Å². The van der Waals surface area contributed by atoms with Gasteiger partial charge in [-0.1, -0.05) is 0 Å². The number of alkyl carbamates (subject to hydrolysis) is 3. The molecule has 13 nitrogen and oxygen atoms in total. The van der Waals surface area contributed by atoms with Gasteiger partial charge in [0.05, 0.1) is 12.5 Å². The quantitative estimate of drug-likeness (QED) is 0.293. The molecule has 0 bridgehead atoms. The number of carbonyl (C=O) groups excluding carboxylic acids is 4. The Bertz CT molecular complexity index is 732. The van der Waals surface area contributed by atoms with E-state index >= 15 is 0 Å². The molecule has 35 heavy (non-hydrogen) atoms. The summed E-state index contributed by atoms with van der Waals surface area (Å²) in [5.74, 6) is -2.20. The first-order valence-electron chi connectivity index (χ1n) is 11.1. The highest BCUT2D eigenvalue weighted by Crippen LogP contribution is 2.09. The van der Waals surface area contributed by atoms with Crippen LogP contribution in [0.3, 0.4) is 0 Å². The molecular weight excluding hydrogens is 464 g/mol. The van der Waals surface area contributed by atoms with Gasteiger partial charge in [-0.25, -0.2) is 19.2 Å². The maximum Gasteiger partial charge on any atom is 0.408 e. The van der Waals surface area contributed by atoms with Crippen LogP contribution < -0.4 is 21.3 Å². The number of amides is 4. The average Bonchev–Trinajstić information content (AvgIpc) is 2.58. The molecule has 0 aromatic rings. The number of nitrogens with one attached hydrogen (secondary N) is 4. The van der Waals surface area contributed by atoms with Crippen LogP contribution in [0.2, 0.25) is 0 Å². The molecule has 0 aromatic heterocycles. The average molecular weight is 505 g/mol. The zero-order valence-electron chi connectivity index (χ0n) is 22.0. The van der Waals surface area contributed by atoms with E-state index in [4.69, 9.17) is 14.2 Å². The predicted octanol–water partition coefficient (Wildman–Crippen LogP) is 1.89. The fraction of sp³-hybridized carbons (Fsp3) is 0.773. The highest BCUT2D eigenvalue weighted by molar-refractivity contribution is 5.87. The van der Waals surface area contributed by atoms with Gasteiger partial charge in [-0.3, -0.25) is 4.79 Å². The molecule has 0 saturated carbocycles. The number of carbonyl (C=O) groups is 5. The van der Waals surface area contributed by atoms with Crippen LogP contribution in [0.15, 0.2) is 0 Å². The highest BCUT2D eigenvalue weighted by atomic mass is 16.6. The Morgan fingerprint density at radius 1 is 0.657 bits per heavy atom. The Morgan fingerprint density at radius 3 is 1.37 bits per heavy atom. The van der Waals surface area contributed by atoms with Gasteiger partial charge >= 0.3 is 24.2 Å². The third-order valence-electron chi connectivity index (χ3n) is 3.53. The summed E-state index contributed by atoms with van der Waals surface area (Å²) in [5, 5.41) is 19.0. The van der Waals surface area contributed by atoms with Gasteiger partial charge in [-0.15, -0.1) is 0 Å². The second-order valence-corrected chi connectivity index (χ2v) is 10.8. The smallest absolute Gasteiger partial charge is 0.408 e. The number of aliphatic carboxylic acids is 1. The number of rotatable bonds is 9. The van der Waals surface area contributed by atoms with E-state index < -0.39 is 65.5 Å². The van der Waals surface area contributed by atoms with E-state index in [0.717, 1.165) is 0 Å². The summed E-state index contributed by atoms with van der Waals surface area (Å²) in [5.41, 5.74) is -2.36. The molecule has 0 fully saturated rings. The van der Waals surface area contributed by atoms with Crippen molar-refractivity contribution in [3.05, 3.63) is 0 Å². The minimum atomic E-state index is -1.57. The van der Waals surface area contributed by atoms with Crippen molar-refractivity contribution in [3.8, 4) is 0 Å². The lowest BCUT2D eigenvalue weighted by atomic mass is 10.1. The Morgan fingerprint density at radius 2 is 1.03 bits per heavy atom. The van der Waals surface area contributed by atoms with E-state index in [2.05, 4.69) is 21.3 Å². The Hall–Kier alpha value is -3.25. The van der Waals surface area contributed by atoms with Gasteiger partial charge in [-0.2, -0.15) is 0 Å². The first-order valence-corrected chi connectivity index (χ1v) is 11.1. The summed E-state index contributed by atoms with van der Waals surface area (Å²) in [6, 6.07) is -2.42. The molecule has 0 aliphatic carbocycles. The van der Waals surface area contributed by atoms with Crippen molar-refractivity contribution in [1.82, 2.24) is 21.3 Å². The van der Waals surface area contributed by atoms with E-state index in [1.807, 2.05) is 0 Å². The van der Waals surface area contributed by atoms with Gasteiger partial charge in [0, 0.05) is 13.1 Å². The molecule has 0 spiro atoms. The van der Waals surface area contributed by atoms with Crippen LogP contribution in [-0.2, 0) is 23.8 Å². The van der Waals surface area contributed by atoms with E-state index in [0.29, 0.717) is 0 Å². The van der Waals surface area contributed by atoms with Crippen molar-refractivity contribution in [2.75, 3.05) is 13.1 Å². The van der Waals surface area contributed by atoms with Crippen LogP contribution in [0.5, 0.6) is 0 Å². The molecule has 0 heterocycles. The van der Waals surface area contributed by atoms with E-state index in [-0.39, 0.29) is 13.1 Å². The zero-order chi connectivity index (χ0) is 27.6. The summed E-state index contributed by atoms with van der Waals surface area (Å²) in [6.45, 7) is 14.6. The number of carboxylic acid groups (broad SMARTS) is 1. The molecule has 0 aliphatic rings. The summed E-state index contributed by atoms with van der Waals surface area (Å²) < 4.78 is 15.3. The first-order chi connectivity index (χ1) is 15.7. The fourth-order valence-corrected chi connectivity index (χ4v) is 2.34. The van der Waals surface area contributed by atoms with Gasteiger partial charge in [-0.05, 0) is 62.3 Å². The standard InChI is InChI=1S/C22H40N4O9/c1-20(2,3)33-17(30)23-11-13(12-24-18(31)34-21(4,5)6)25-15(27)10-14(16(28)29)26-19(32)35-22(7,8)9/h13-14H,10-12H2,1-9H3,(H,23,30)(H,24,31)(H,25,27)(H,26,32)(H,28,29)/t14-/m0/s1. The molecule has 0 saturated heterocycles. The van der Waals surface area contributed by atoms with Gasteiger partial charge in [0.25, 0.3) is 0 Å². The Kier molecular flexibility index (Phi) is 11.8. The molecule has 13 heteroatoms. The highest BCUT2D eigenvalue weighted by Gasteiger charge is 2.28. The van der Waals surface area contributed by atoms with Crippen LogP contribution >= 0.6 is 0 Å². The number of carboxylic acids is 1. The van der Waals surface area contributed by atoms with Crippen LogP contribution in [0, 0.1) is 0 Å². The summed E-state index contributed by atoms with van der Waals surface area (Å²) in [4.78, 5) is 59.9. The second kappa shape index (κ2) is 13.0. The molecule has 202 valence electrons. The summed E-state index contributed by atoms with van der Waals surface area (Å²) in [6.07, 6.45) is -3.11. The van der Waals surface area contributed by atoms with Crippen molar-refractivity contribution in [2.24, 2.45) is 0 Å². The Labute approximate surface area is 206 Å². The minimum absolute atomic E-state index is 0.145. The molecule has 0 unspecified atom stereocenters. The van der Waals surface area contributed by atoms with Crippen LogP contribution in [0.1, 0.15) is 68.7 Å². The topological polar surface area (TPSA) is 181 Å². The predicted molar refractivity (Wildman–Crippen MR) is 126 cm³/mol. The lowest BCUT2D eigenvalue weighted by molar-refractivity contribution is -0.141. The molecular formula is C22H40N4O9. The van der Waals surface area contributed by atoms with Gasteiger partial charge < -0.3 is 40.6 Å². The second-order valence-electron chi connectivity index (χ2n) is 10.8. The summed E-state index contributed by atoms with van der Waals surface area (Å²) in [7, 11) is 0. The third kappa shape index (κ3) is 17.8. The van der Waals surface area contributed by atoms with E-state index in [1.54, 1.807) is 62.3 Å². The van der Waals surface area contributed by atoms with Crippen molar-refractivity contribution in [3.63, 3.8) is 0 Å². The molecule has 1 atom stereocenters. The van der Waals surface area contributed by atoms with Crippen LogP contribution in [-0.4, -0.2) is 77.2 Å². The summed E-state index contributed by atoms with van der Waals surface area (Å²) >= 11 is 0. The molecule has 0 rings (SSSR count).